The third kappa shape index (κ3) is 4.03. The topological polar surface area (TPSA) is 95.5 Å². The maximum absolute atomic E-state index is 12.6. The second kappa shape index (κ2) is 7.16. The van der Waals surface area contributed by atoms with Crippen LogP contribution in [0, 0.1) is 6.92 Å². The first kappa shape index (κ1) is 17.9. The molecule has 0 aliphatic carbocycles. The molecule has 1 aromatic heterocycles. The molecule has 0 spiro atoms. The number of carbonyl (C=O) groups is 1. The Morgan fingerprint density at radius 3 is 2.40 bits per heavy atom. The van der Waals surface area contributed by atoms with Gasteiger partial charge < -0.3 is 4.90 Å². The summed E-state index contributed by atoms with van der Waals surface area (Å²) in [7, 11) is -1.72. The average molecular weight is 381 g/mol. The molecule has 134 valence electrons. The van der Waals surface area contributed by atoms with E-state index < -0.39 is 10.0 Å². The number of aryl methyl sites for hydroxylation is 1. The Morgan fingerprint density at radius 1 is 1.12 bits per heavy atom. The lowest BCUT2D eigenvalue weighted by atomic mass is 10.1. The van der Waals surface area contributed by atoms with Crippen molar-refractivity contribution in [3.05, 3.63) is 35.4 Å². The maximum Gasteiger partial charge on any atom is 0.272 e. The van der Waals surface area contributed by atoms with Crippen LogP contribution in [0.1, 0.15) is 15.9 Å². The zero-order valence-corrected chi connectivity index (χ0v) is 15.6. The number of anilines is 1. The Bertz CT molecular complexity index is 856. The predicted molar refractivity (Wildman–Crippen MR) is 95.3 cm³/mol. The SMILES string of the molecule is Cc1ccc(C(=O)Nc2nnc(S(=O)(=O)N3CCN(C)CC3)s2)cc1. The Kier molecular flexibility index (Phi) is 5.13. The molecule has 1 aliphatic rings. The van der Waals surface area contributed by atoms with E-state index in [1.165, 1.54) is 4.31 Å². The summed E-state index contributed by atoms with van der Waals surface area (Å²) >= 11 is 0.863. The molecule has 1 amide bonds. The van der Waals surface area contributed by atoms with E-state index in [9.17, 15) is 13.2 Å². The Morgan fingerprint density at radius 2 is 1.76 bits per heavy atom. The third-order valence-electron chi connectivity index (χ3n) is 3.96. The highest BCUT2D eigenvalue weighted by Gasteiger charge is 2.31. The first-order chi connectivity index (χ1) is 11.9. The zero-order chi connectivity index (χ0) is 18.0. The molecule has 0 radical (unpaired) electrons. The summed E-state index contributed by atoms with van der Waals surface area (Å²) in [6.45, 7) is 4.12. The summed E-state index contributed by atoms with van der Waals surface area (Å²) in [5.41, 5.74) is 1.53. The number of sulfonamides is 1. The van der Waals surface area contributed by atoms with Crippen molar-refractivity contribution in [2.24, 2.45) is 0 Å². The number of nitrogens with one attached hydrogen (secondary N) is 1. The van der Waals surface area contributed by atoms with Gasteiger partial charge in [-0.1, -0.05) is 29.0 Å². The molecule has 1 N–H and O–H groups in total. The Hall–Kier alpha value is -1.88. The minimum atomic E-state index is -3.67. The van der Waals surface area contributed by atoms with Crippen LogP contribution in [0.4, 0.5) is 5.13 Å². The van der Waals surface area contributed by atoms with Crippen molar-refractivity contribution < 1.29 is 13.2 Å². The molecule has 0 unspecified atom stereocenters. The van der Waals surface area contributed by atoms with Gasteiger partial charge in [0.1, 0.15) is 0 Å². The third-order valence-corrected chi connectivity index (χ3v) is 7.05. The van der Waals surface area contributed by atoms with Crippen LogP contribution in [0.25, 0.3) is 0 Å². The highest BCUT2D eigenvalue weighted by Crippen LogP contribution is 2.24. The highest BCUT2D eigenvalue weighted by atomic mass is 32.2. The van der Waals surface area contributed by atoms with Gasteiger partial charge in [-0.25, -0.2) is 8.42 Å². The molecule has 1 aromatic carbocycles. The van der Waals surface area contributed by atoms with Gasteiger partial charge >= 0.3 is 0 Å². The lowest BCUT2D eigenvalue weighted by Gasteiger charge is -2.30. The number of carbonyl (C=O) groups excluding carboxylic acids is 1. The molecule has 10 heteroatoms. The lowest BCUT2D eigenvalue weighted by molar-refractivity contribution is 0.102. The van der Waals surface area contributed by atoms with E-state index in [0.717, 1.165) is 16.9 Å². The number of amides is 1. The average Bonchev–Trinajstić information content (AvgIpc) is 3.05. The molecule has 1 saturated heterocycles. The van der Waals surface area contributed by atoms with Gasteiger partial charge in [-0.15, -0.1) is 10.2 Å². The van der Waals surface area contributed by atoms with Gasteiger partial charge in [-0.05, 0) is 26.1 Å². The van der Waals surface area contributed by atoms with Crippen LogP contribution in [0.5, 0.6) is 0 Å². The lowest BCUT2D eigenvalue weighted by Crippen LogP contribution is -2.46. The maximum atomic E-state index is 12.6. The summed E-state index contributed by atoms with van der Waals surface area (Å²) < 4.78 is 26.5. The largest absolute Gasteiger partial charge is 0.304 e. The number of aromatic nitrogens is 2. The number of hydrogen-bond donors (Lipinski definition) is 1. The van der Waals surface area contributed by atoms with Gasteiger partial charge in [-0.3, -0.25) is 10.1 Å². The van der Waals surface area contributed by atoms with Crippen molar-refractivity contribution in [3.63, 3.8) is 0 Å². The number of nitrogens with zero attached hydrogens (tertiary/aromatic N) is 4. The van der Waals surface area contributed by atoms with Crippen LogP contribution in [0.3, 0.4) is 0 Å². The number of benzene rings is 1. The number of hydrogen-bond acceptors (Lipinski definition) is 7. The molecule has 0 bridgehead atoms. The quantitative estimate of drug-likeness (QED) is 0.795. The molecule has 8 nitrogen and oxygen atoms in total. The normalized spacial score (nSPS) is 16.7. The summed E-state index contributed by atoms with van der Waals surface area (Å²) in [5, 5.41) is 10.3. The van der Waals surface area contributed by atoms with Crippen molar-refractivity contribution in [2.45, 2.75) is 11.3 Å². The molecule has 1 fully saturated rings. The predicted octanol–water partition coefficient (Wildman–Crippen LogP) is 1.03. The second-order valence-electron chi connectivity index (χ2n) is 5.90. The van der Waals surface area contributed by atoms with Crippen LogP contribution < -0.4 is 5.32 Å². The van der Waals surface area contributed by atoms with Gasteiger partial charge in [0, 0.05) is 31.7 Å². The molecule has 0 saturated carbocycles. The van der Waals surface area contributed by atoms with E-state index in [4.69, 9.17) is 0 Å². The second-order valence-corrected chi connectivity index (χ2v) is 8.99. The minimum absolute atomic E-state index is 0.101. The van der Waals surface area contributed by atoms with Gasteiger partial charge in [0.05, 0.1) is 0 Å². The van der Waals surface area contributed by atoms with Crippen molar-refractivity contribution >= 4 is 32.4 Å². The summed E-state index contributed by atoms with van der Waals surface area (Å²) in [4.78, 5) is 14.3. The van der Waals surface area contributed by atoms with Crippen LogP contribution in [-0.4, -0.2) is 67.0 Å². The monoisotopic (exact) mass is 381 g/mol. The van der Waals surface area contributed by atoms with Crippen molar-refractivity contribution in [2.75, 3.05) is 38.5 Å². The zero-order valence-electron chi connectivity index (χ0n) is 14.0. The van der Waals surface area contributed by atoms with E-state index in [-0.39, 0.29) is 15.4 Å². The van der Waals surface area contributed by atoms with Gasteiger partial charge in [0.15, 0.2) is 0 Å². The Balaban J connectivity index is 1.71. The van der Waals surface area contributed by atoms with E-state index in [1.807, 2.05) is 26.1 Å². The minimum Gasteiger partial charge on any atom is -0.304 e. The fourth-order valence-corrected chi connectivity index (χ4v) is 4.83. The van der Waals surface area contributed by atoms with Crippen LogP contribution in [0.15, 0.2) is 28.6 Å². The molecular formula is C15H19N5O3S2. The van der Waals surface area contributed by atoms with Crippen LogP contribution in [0.2, 0.25) is 0 Å². The Labute approximate surface area is 150 Å². The number of likely N-dealkylation sites (N-methyl/N-ethyl adjacent to an activating group) is 1. The van der Waals surface area contributed by atoms with Crippen molar-refractivity contribution in [1.82, 2.24) is 19.4 Å². The molecule has 0 atom stereocenters. The van der Waals surface area contributed by atoms with E-state index in [2.05, 4.69) is 20.4 Å². The molecular weight excluding hydrogens is 362 g/mol. The molecule has 25 heavy (non-hydrogen) atoms. The summed E-state index contributed by atoms with van der Waals surface area (Å²) in [5.74, 6) is -0.348. The number of piperazine rings is 1. The van der Waals surface area contributed by atoms with E-state index in [1.54, 1.807) is 12.1 Å². The van der Waals surface area contributed by atoms with E-state index in [0.29, 0.717) is 31.7 Å². The van der Waals surface area contributed by atoms with Crippen molar-refractivity contribution in [3.8, 4) is 0 Å². The summed E-state index contributed by atoms with van der Waals surface area (Å²) in [6.07, 6.45) is 0. The molecule has 1 aliphatic heterocycles. The summed E-state index contributed by atoms with van der Waals surface area (Å²) in [6, 6.07) is 7.07. The first-order valence-corrected chi connectivity index (χ1v) is 10.0. The fraction of sp³-hybridized carbons (Fsp3) is 0.400. The number of rotatable bonds is 4. The van der Waals surface area contributed by atoms with Gasteiger partial charge in [-0.2, -0.15) is 4.31 Å². The first-order valence-electron chi connectivity index (χ1n) is 7.76. The molecule has 3 rings (SSSR count). The fourth-order valence-electron chi connectivity index (χ4n) is 2.38. The van der Waals surface area contributed by atoms with Crippen LogP contribution >= 0.6 is 11.3 Å². The van der Waals surface area contributed by atoms with Gasteiger partial charge in [0.2, 0.25) is 9.47 Å². The van der Waals surface area contributed by atoms with Crippen LogP contribution in [-0.2, 0) is 10.0 Å². The van der Waals surface area contributed by atoms with Gasteiger partial charge in [0.25, 0.3) is 15.9 Å². The van der Waals surface area contributed by atoms with E-state index >= 15 is 0 Å². The van der Waals surface area contributed by atoms with Crippen molar-refractivity contribution in [1.29, 1.82) is 0 Å². The molecule has 2 heterocycles. The molecule has 2 aromatic rings. The standard InChI is InChI=1S/C15H19N5O3S2/c1-11-3-5-12(6-4-11)13(21)16-14-17-18-15(24-14)25(22,23)20-9-7-19(2)8-10-20/h3-6H,7-10H2,1-2H3,(H,16,17,21). The highest BCUT2D eigenvalue weighted by molar-refractivity contribution is 7.91. The smallest absolute Gasteiger partial charge is 0.272 e.